The van der Waals surface area contributed by atoms with Crippen molar-refractivity contribution in [1.29, 1.82) is 0 Å². The normalized spacial score (nSPS) is 16.5. The molecular formula is C17H22N2O6. The Balaban J connectivity index is 2.02. The van der Waals surface area contributed by atoms with Crippen LogP contribution in [-0.2, 0) is 19.1 Å². The van der Waals surface area contributed by atoms with Gasteiger partial charge in [0.25, 0.3) is 0 Å². The van der Waals surface area contributed by atoms with Gasteiger partial charge >= 0.3 is 5.97 Å². The van der Waals surface area contributed by atoms with Crippen molar-refractivity contribution in [3.05, 3.63) is 18.2 Å². The Kier molecular flexibility index (Phi) is 6.21. The molecule has 0 radical (unpaired) electrons. The number of rotatable bonds is 7. The minimum atomic E-state index is -0.475. The molecule has 0 spiro atoms. The summed E-state index contributed by atoms with van der Waals surface area (Å²) >= 11 is 0. The maximum Gasteiger partial charge on any atom is 0.307 e. The Labute approximate surface area is 146 Å². The van der Waals surface area contributed by atoms with Gasteiger partial charge in [0.1, 0.15) is 11.5 Å². The average molecular weight is 350 g/mol. The lowest BCUT2D eigenvalue weighted by Crippen LogP contribution is -2.34. The third-order valence-corrected chi connectivity index (χ3v) is 4.03. The molecule has 1 saturated heterocycles. The molecular weight excluding hydrogens is 328 g/mol. The largest absolute Gasteiger partial charge is 0.497 e. The van der Waals surface area contributed by atoms with Gasteiger partial charge in [0.15, 0.2) is 0 Å². The summed E-state index contributed by atoms with van der Waals surface area (Å²) in [5.74, 6) is -0.169. The smallest absolute Gasteiger partial charge is 0.307 e. The molecule has 8 nitrogen and oxygen atoms in total. The summed E-state index contributed by atoms with van der Waals surface area (Å²) < 4.78 is 15.0. The molecule has 8 heteroatoms. The number of hydrogen-bond donors (Lipinski definition) is 1. The van der Waals surface area contributed by atoms with Gasteiger partial charge in [-0.15, -0.1) is 0 Å². The van der Waals surface area contributed by atoms with Crippen LogP contribution in [0.4, 0.5) is 5.69 Å². The molecule has 25 heavy (non-hydrogen) atoms. The first-order chi connectivity index (χ1) is 12.0. The SMILES string of the molecule is COC(=O)CCNC(=O)[C@H]1CC(=O)N(c2ccc(OC)cc2OC)C1. The number of carbonyl (C=O) groups excluding carboxylic acids is 3. The molecule has 2 amide bonds. The van der Waals surface area contributed by atoms with E-state index in [0.717, 1.165) is 0 Å². The fourth-order valence-electron chi connectivity index (χ4n) is 2.66. The van der Waals surface area contributed by atoms with E-state index in [0.29, 0.717) is 17.2 Å². The Hall–Kier alpha value is -2.77. The van der Waals surface area contributed by atoms with Crippen molar-refractivity contribution < 1.29 is 28.6 Å². The van der Waals surface area contributed by atoms with E-state index in [-0.39, 0.29) is 37.7 Å². The highest BCUT2D eigenvalue weighted by molar-refractivity contribution is 6.01. The third kappa shape index (κ3) is 4.40. The summed E-state index contributed by atoms with van der Waals surface area (Å²) in [5.41, 5.74) is 0.596. The van der Waals surface area contributed by atoms with Crippen LogP contribution in [0.15, 0.2) is 18.2 Å². The van der Waals surface area contributed by atoms with Gasteiger partial charge in [0, 0.05) is 25.6 Å². The van der Waals surface area contributed by atoms with E-state index in [9.17, 15) is 14.4 Å². The lowest BCUT2D eigenvalue weighted by atomic mass is 10.1. The molecule has 0 saturated carbocycles. The predicted molar refractivity (Wildman–Crippen MR) is 89.6 cm³/mol. The van der Waals surface area contributed by atoms with Crippen LogP contribution in [0.2, 0.25) is 0 Å². The number of esters is 1. The number of hydrogen-bond acceptors (Lipinski definition) is 6. The van der Waals surface area contributed by atoms with Gasteiger partial charge in [-0.2, -0.15) is 0 Å². The van der Waals surface area contributed by atoms with E-state index in [4.69, 9.17) is 9.47 Å². The van der Waals surface area contributed by atoms with E-state index >= 15 is 0 Å². The van der Waals surface area contributed by atoms with Gasteiger partial charge in [-0.05, 0) is 12.1 Å². The Morgan fingerprint density at radius 1 is 1.24 bits per heavy atom. The molecule has 0 aliphatic carbocycles. The van der Waals surface area contributed by atoms with Crippen LogP contribution in [0.3, 0.4) is 0 Å². The lowest BCUT2D eigenvalue weighted by Gasteiger charge is -2.20. The second-order valence-electron chi connectivity index (χ2n) is 5.56. The van der Waals surface area contributed by atoms with Gasteiger partial charge in [0.05, 0.1) is 39.4 Å². The van der Waals surface area contributed by atoms with Gasteiger partial charge in [0.2, 0.25) is 11.8 Å². The molecule has 136 valence electrons. The second-order valence-corrected chi connectivity index (χ2v) is 5.56. The number of methoxy groups -OCH3 is 3. The number of nitrogens with one attached hydrogen (secondary N) is 1. The topological polar surface area (TPSA) is 94.2 Å². The second kappa shape index (κ2) is 8.36. The molecule has 0 bridgehead atoms. The van der Waals surface area contributed by atoms with Crippen LogP contribution in [0, 0.1) is 5.92 Å². The highest BCUT2D eigenvalue weighted by Crippen LogP contribution is 2.35. The molecule has 1 aliphatic heterocycles. The zero-order chi connectivity index (χ0) is 18.4. The van der Waals surface area contributed by atoms with Gasteiger partial charge in [-0.3, -0.25) is 14.4 Å². The van der Waals surface area contributed by atoms with Crippen molar-refractivity contribution in [3.8, 4) is 11.5 Å². The number of anilines is 1. The summed E-state index contributed by atoms with van der Waals surface area (Å²) in [6.07, 6.45) is 0.207. The van der Waals surface area contributed by atoms with Crippen LogP contribution in [0.1, 0.15) is 12.8 Å². The number of carbonyl (C=O) groups is 3. The molecule has 1 aromatic carbocycles. The van der Waals surface area contributed by atoms with Crippen LogP contribution in [0.5, 0.6) is 11.5 Å². The minimum absolute atomic E-state index is 0.0962. The van der Waals surface area contributed by atoms with Crippen molar-refractivity contribution in [3.63, 3.8) is 0 Å². The fourth-order valence-corrected chi connectivity index (χ4v) is 2.66. The molecule has 1 fully saturated rings. The monoisotopic (exact) mass is 350 g/mol. The zero-order valence-corrected chi connectivity index (χ0v) is 14.5. The van der Waals surface area contributed by atoms with Crippen LogP contribution in [0.25, 0.3) is 0 Å². The minimum Gasteiger partial charge on any atom is -0.497 e. The van der Waals surface area contributed by atoms with Gasteiger partial charge in [-0.1, -0.05) is 0 Å². The van der Waals surface area contributed by atoms with Crippen molar-refractivity contribution >= 4 is 23.5 Å². The van der Waals surface area contributed by atoms with E-state index in [1.807, 2.05) is 0 Å². The maximum atomic E-state index is 12.3. The van der Waals surface area contributed by atoms with Crippen molar-refractivity contribution in [2.24, 2.45) is 5.92 Å². The Morgan fingerprint density at radius 2 is 2.00 bits per heavy atom. The van der Waals surface area contributed by atoms with Gasteiger partial charge < -0.3 is 24.4 Å². The average Bonchev–Trinajstić information content (AvgIpc) is 3.02. The van der Waals surface area contributed by atoms with Crippen molar-refractivity contribution in [2.75, 3.05) is 39.3 Å². The molecule has 0 aromatic heterocycles. The lowest BCUT2D eigenvalue weighted by molar-refractivity contribution is -0.140. The summed E-state index contributed by atoms with van der Waals surface area (Å²) in [6.45, 7) is 0.438. The van der Waals surface area contributed by atoms with Gasteiger partial charge in [-0.25, -0.2) is 0 Å². The Bertz CT molecular complexity index is 661. The number of amides is 2. The zero-order valence-electron chi connectivity index (χ0n) is 14.5. The number of ether oxygens (including phenoxy) is 3. The Morgan fingerprint density at radius 3 is 2.64 bits per heavy atom. The summed E-state index contributed by atoms with van der Waals surface area (Å²) in [4.78, 5) is 37.1. The molecule has 1 N–H and O–H groups in total. The highest BCUT2D eigenvalue weighted by atomic mass is 16.5. The molecule has 1 aliphatic rings. The van der Waals surface area contributed by atoms with Crippen LogP contribution >= 0.6 is 0 Å². The molecule has 2 rings (SSSR count). The first-order valence-electron chi connectivity index (χ1n) is 7.87. The quantitative estimate of drug-likeness (QED) is 0.729. The summed E-state index contributed by atoms with van der Waals surface area (Å²) in [5, 5.41) is 2.66. The van der Waals surface area contributed by atoms with E-state index < -0.39 is 11.9 Å². The van der Waals surface area contributed by atoms with E-state index in [1.165, 1.54) is 19.1 Å². The standard InChI is InChI=1S/C17H22N2O6/c1-23-12-4-5-13(14(9-12)24-2)19-10-11(8-15(19)20)17(22)18-7-6-16(21)25-3/h4-5,9,11H,6-8,10H2,1-3H3,(H,18,22)/t11-/m0/s1. The summed E-state index contributed by atoms with van der Waals surface area (Å²) in [6, 6.07) is 5.15. The van der Waals surface area contributed by atoms with Crippen LogP contribution < -0.4 is 19.7 Å². The first-order valence-corrected chi connectivity index (χ1v) is 7.87. The van der Waals surface area contributed by atoms with Crippen LogP contribution in [-0.4, -0.2) is 52.2 Å². The van der Waals surface area contributed by atoms with Crippen molar-refractivity contribution in [2.45, 2.75) is 12.8 Å². The number of benzene rings is 1. The fraction of sp³-hybridized carbons (Fsp3) is 0.471. The number of nitrogens with zero attached hydrogens (tertiary/aromatic N) is 1. The molecule has 1 aromatic rings. The van der Waals surface area contributed by atoms with Crippen molar-refractivity contribution in [1.82, 2.24) is 5.32 Å². The van der Waals surface area contributed by atoms with E-state index in [2.05, 4.69) is 10.1 Å². The predicted octanol–water partition coefficient (Wildman–Crippen LogP) is 0.736. The third-order valence-electron chi connectivity index (χ3n) is 4.03. The molecule has 0 unspecified atom stereocenters. The summed E-state index contributed by atoms with van der Waals surface area (Å²) in [7, 11) is 4.35. The highest BCUT2D eigenvalue weighted by Gasteiger charge is 2.36. The van der Waals surface area contributed by atoms with E-state index in [1.54, 1.807) is 25.3 Å². The first kappa shape index (κ1) is 18.6. The maximum absolute atomic E-state index is 12.3. The molecule has 1 heterocycles. The molecule has 1 atom stereocenters.